The van der Waals surface area contributed by atoms with Crippen molar-refractivity contribution in [3.05, 3.63) is 53.8 Å². The summed E-state index contributed by atoms with van der Waals surface area (Å²) in [6.45, 7) is 5.42. The molecule has 0 amide bonds. The summed E-state index contributed by atoms with van der Waals surface area (Å²) in [4.78, 5) is 15.9. The van der Waals surface area contributed by atoms with Gasteiger partial charge in [-0.05, 0) is 32.4 Å². The van der Waals surface area contributed by atoms with E-state index in [-0.39, 0.29) is 5.02 Å². The van der Waals surface area contributed by atoms with E-state index in [4.69, 9.17) is 16.3 Å². The Kier molecular flexibility index (Phi) is 4.05. The molecule has 0 aliphatic rings. The molecule has 2 heterocycles. The second kappa shape index (κ2) is 5.91. The van der Waals surface area contributed by atoms with Crippen LogP contribution in [-0.2, 0) is 4.74 Å². The van der Waals surface area contributed by atoms with Crippen LogP contribution < -0.4 is 0 Å². The zero-order valence-corrected chi connectivity index (χ0v) is 14.3. The summed E-state index contributed by atoms with van der Waals surface area (Å²) >= 11 is 6.06. The van der Waals surface area contributed by atoms with Gasteiger partial charge in [0, 0.05) is 34.9 Å². The van der Waals surface area contributed by atoms with Gasteiger partial charge in [-0.3, -0.25) is 9.55 Å². The molecule has 2 aromatic heterocycles. The van der Waals surface area contributed by atoms with Gasteiger partial charge in [0.15, 0.2) is 5.82 Å². The lowest BCUT2D eigenvalue weighted by Gasteiger charge is -2.19. The van der Waals surface area contributed by atoms with Crippen molar-refractivity contribution in [2.75, 3.05) is 0 Å². The van der Waals surface area contributed by atoms with Gasteiger partial charge in [0.25, 0.3) is 0 Å². The predicted octanol–water partition coefficient (Wildman–Crippen LogP) is 5.28. The molecule has 0 bridgehead atoms. The Hall–Kier alpha value is -2.40. The quantitative estimate of drug-likeness (QED) is 0.602. The molecule has 0 unspecified atom stereocenters. The zero-order chi connectivity index (χ0) is 17.5. The van der Waals surface area contributed by atoms with Crippen molar-refractivity contribution < 1.29 is 13.9 Å². The van der Waals surface area contributed by atoms with E-state index in [1.807, 2.05) is 6.07 Å². The molecule has 0 N–H and O–H groups in total. The van der Waals surface area contributed by atoms with Crippen LogP contribution in [-0.4, -0.2) is 21.2 Å². The highest BCUT2D eigenvalue weighted by Gasteiger charge is 2.18. The van der Waals surface area contributed by atoms with Gasteiger partial charge in [0.1, 0.15) is 5.60 Å². The van der Waals surface area contributed by atoms with Crippen LogP contribution >= 0.6 is 11.6 Å². The van der Waals surface area contributed by atoms with E-state index in [1.54, 1.807) is 45.3 Å². The molecule has 24 heavy (non-hydrogen) atoms. The summed E-state index contributed by atoms with van der Waals surface area (Å²) in [7, 11) is 0. The summed E-state index contributed by atoms with van der Waals surface area (Å²) in [5.74, 6) is -0.492. The average molecular weight is 347 g/mol. The third-order valence-corrected chi connectivity index (χ3v) is 3.68. The van der Waals surface area contributed by atoms with E-state index < -0.39 is 17.5 Å². The molecule has 0 atom stereocenters. The normalized spacial score (nSPS) is 11.7. The second-order valence-electron chi connectivity index (χ2n) is 6.47. The van der Waals surface area contributed by atoms with Crippen LogP contribution in [0.3, 0.4) is 0 Å². The highest BCUT2D eigenvalue weighted by molar-refractivity contribution is 6.33. The monoisotopic (exact) mass is 346 g/mol. The van der Waals surface area contributed by atoms with Gasteiger partial charge in [-0.25, -0.2) is 9.18 Å². The molecule has 0 saturated heterocycles. The van der Waals surface area contributed by atoms with Crippen molar-refractivity contribution in [3.63, 3.8) is 0 Å². The van der Waals surface area contributed by atoms with Crippen LogP contribution in [0.5, 0.6) is 0 Å². The minimum atomic E-state index is -0.577. The number of nitrogens with zero attached hydrogens (tertiary/aromatic N) is 2. The van der Waals surface area contributed by atoms with Crippen LogP contribution in [0.1, 0.15) is 20.8 Å². The Labute approximate surface area is 143 Å². The van der Waals surface area contributed by atoms with Crippen molar-refractivity contribution >= 4 is 28.5 Å². The third-order valence-electron chi connectivity index (χ3n) is 3.39. The fourth-order valence-electron chi connectivity index (χ4n) is 2.40. The van der Waals surface area contributed by atoms with Crippen molar-refractivity contribution in [1.82, 2.24) is 9.55 Å². The number of benzene rings is 1. The molecule has 6 heteroatoms. The van der Waals surface area contributed by atoms with Gasteiger partial charge in [0.05, 0.1) is 11.2 Å². The molecule has 0 radical (unpaired) electrons. The van der Waals surface area contributed by atoms with Crippen molar-refractivity contribution in [2.45, 2.75) is 26.4 Å². The lowest BCUT2D eigenvalue weighted by Crippen LogP contribution is -2.26. The molecule has 1 aromatic carbocycles. The summed E-state index contributed by atoms with van der Waals surface area (Å²) in [5, 5.41) is 1.86. The Balaban J connectivity index is 2.02. The van der Waals surface area contributed by atoms with E-state index in [9.17, 15) is 9.18 Å². The van der Waals surface area contributed by atoms with Gasteiger partial charge in [0.2, 0.25) is 0 Å². The summed E-state index contributed by atoms with van der Waals surface area (Å²) < 4.78 is 20.7. The molecule has 4 nitrogen and oxygen atoms in total. The first kappa shape index (κ1) is 16.5. The Morgan fingerprint density at radius 2 is 1.92 bits per heavy atom. The number of hydrogen-bond donors (Lipinski definition) is 0. The molecule has 3 rings (SSSR count). The molecule has 0 aliphatic heterocycles. The predicted molar refractivity (Wildman–Crippen MR) is 91.8 cm³/mol. The zero-order valence-electron chi connectivity index (χ0n) is 13.5. The molecule has 124 valence electrons. The number of pyridine rings is 1. The van der Waals surface area contributed by atoms with Gasteiger partial charge in [-0.15, -0.1) is 0 Å². The Morgan fingerprint density at radius 1 is 1.21 bits per heavy atom. The van der Waals surface area contributed by atoms with Crippen LogP contribution in [0.2, 0.25) is 5.02 Å². The fourth-order valence-corrected chi connectivity index (χ4v) is 2.66. The van der Waals surface area contributed by atoms with E-state index in [0.717, 1.165) is 17.0 Å². The first-order valence-electron chi connectivity index (χ1n) is 7.39. The van der Waals surface area contributed by atoms with Crippen LogP contribution in [0.4, 0.5) is 9.18 Å². The lowest BCUT2D eigenvalue weighted by atomic mass is 10.0. The summed E-state index contributed by atoms with van der Waals surface area (Å²) in [5.41, 5.74) is 0.333. The van der Waals surface area contributed by atoms with Gasteiger partial charge in [-0.2, -0.15) is 0 Å². The molecule has 0 saturated carbocycles. The van der Waals surface area contributed by atoms with E-state index >= 15 is 0 Å². The molecule has 3 aromatic rings. The standard InChI is InChI=1S/C18H16ClFN2O2/c1-18(2,3)24-17(23)22-9-12-5-4-11(6-13(12)10-22)16-14(19)7-21-8-15(16)20/h4-10H,1-3H3. The number of fused-ring (bicyclic) bond motifs is 1. The SMILES string of the molecule is CC(C)(C)OC(=O)n1cc2ccc(-c3c(F)cncc3Cl)cc2c1. The van der Waals surface area contributed by atoms with Gasteiger partial charge in [-0.1, -0.05) is 23.7 Å². The highest BCUT2D eigenvalue weighted by atomic mass is 35.5. The number of ether oxygens (including phenoxy) is 1. The van der Waals surface area contributed by atoms with E-state index in [1.165, 1.54) is 10.8 Å². The number of carbonyl (C=O) groups excluding carboxylic acids is 1. The van der Waals surface area contributed by atoms with Crippen LogP contribution in [0, 0.1) is 5.82 Å². The summed E-state index contributed by atoms with van der Waals surface area (Å²) in [6, 6.07) is 5.34. The van der Waals surface area contributed by atoms with Crippen LogP contribution in [0.15, 0.2) is 43.0 Å². The Morgan fingerprint density at radius 3 is 2.58 bits per heavy atom. The maximum absolute atomic E-state index is 14.0. The average Bonchev–Trinajstić information content (AvgIpc) is 2.88. The minimum Gasteiger partial charge on any atom is -0.443 e. The third kappa shape index (κ3) is 3.26. The number of hydrogen-bond acceptors (Lipinski definition) is 3. The largest absolute Gasteiger partial charge is 0.443 e. The number of halogens is 2. The number of aromatic nitrogens is 2. The maximum atomic E-state index is 14.0. The molecule has 0 spiro atoms. The smallest absolute Gasteiger partial charge is 0.418 e. The lowest BCUT2D eigenvalue weighted by molar-refractivity contribution is 0.0538. The molecular formula is C18H16ClFN2O2. The number of carbonyl (C=O) groups is 1. The van der Waals surface area contributed by atoms with E-state index in [0.29, 0.717) is 11.1 Å². The fraction of sp³-hybridized carbons (Fsp3) is 0.222. The van der Waals surface area contributed by atoms with Crippen LogP contribution in [0.25, 0.3) is 21.9 Å². The second-order valence-corrected chi connectivity index (χ2v) is 6.87. The van der Waals surface area contributed by atoms with Gasteiger partial charge < -0.3 is 4.74 Å². The van der Waals surface area contributed by atoms with Crippen molar-refractivity contribution in [2.24, 2.45) is 0 Å². The first-order chi connectivity index (χ1) is 11.2. The molecule has 0 aliphatic carbocycles. The summed E-state index contributed by atoms with van der Waals surface area (Å²) in [6.07, 6.45) is 5.39. The number of rotatable bonds is 1. The first-order valence-corrected chi connectivity index (χ1v) is 7.77. The van der Waals surface area contributed by atoms with E-state index in [2.05, 4.69) is 4.98 Å². The highest BCUT2D eigenvalue weighted by Crippen LogP contribution is 2.32. The van der Waals surface area contributed by atoms with Crippen molar-refractivity contribution in [3.8, 4) is 11.1 Å². The topological polar surface area (TPSA) is 44.1 Å². The van der Waals surface area contributed by atoms with Gasteiger partial charge >= 0.3 is 6.09 Å². The molecular weight excluding hydrogens is 331 g/mol. The van der Waals surface area contributed by atoms with Crippen molar-refractivity contribution in [1.29, 1.82) is 0 Å². The maximum Gasteiger partial charge on any atom is 0.418 e. The molecule has 0 fully saturated rings. The Bertz CT molecular complexity index is 908. The minimum absolute atomic E-state index is 0.237.